The first-order valence-electron chi connectivity index (χ1n) is 6.74. The van der Waals surface area contributed by atoms with Crippen LogP contribution in [0, 0.1) is 5.92 Å². The number of guanidine groups is 1. The number of benzene rings is 1. The van der Waals surface area contributed by atoms with Crippen LogP contribution < -0.4 is 11.1 Å². The molecule has 20 heavy (non-hydrogen) atoms. The largest absolute Gasteiger partial charge is 0.465 e. The van der Waals surface area contributed by atoms with Crippen LogP contribution in [0.1, 0.15) is 29.8 Å². The molecule has 1 aromatic rings. The fourth-order valence-electron chi connectivity index (χ4n) is 1.60. The highest BCUT2D eigenvalue weighted by atomic mass is 16.5. The van der Waals surface area contributed by atoms with Crippen LogP contribution in [0.15, 0.2) is 29.3 Å². The molecule has 5 nitrogen and oxygen atoms in total. The Morgan fingerprint density at radius 3 is 2.55 bits per heavy atom. The van der Waals surface area contributed by atoms with E-state index in [0.717, 1.165) is 18.5 Å². The zero-order valence-corrected chi connectivity index (χ0v) is 12.3. The number of nitrogens with one attached hydrogen (secondary N) is 1. The van der Waals surface area contributed by atoms with Gasteiger partial charge in [0.05, 0.1) is 12.7 Å². The molecule has 0 radical (unpaired) electrons. The van der Waals surface area contributed by atoms with E-state index in [1.54, 1.807) is 12.1 Å². The number of ether oxygens (including phenoxy) is 1. The lowest BCUT2D eigenvalue weighted by molar-refractivity contribution is 0.0600. The van der Waals surface area contributed by atoms with Crippen molar-refractivity contribution in [2.75, 3.05) is 20.2 Å². The molecule has 1 rings (SSSR count). The van der Waals surface area contributed by atoms with Gasteiger partial charge in [-0.1, -0.05) is 26.0 Å². The molecule has 0 atom stereocenters. The summed E-state index contributed by atoms with van der Waals surface area (Å²) in [5.41, 5.74) is 7.43. The van der Waals surface area contributed by atoms with Gasteiger partial charge in [0, 0.05) is 13.1 Å². The summed E-state index contributed by atoms with van der Waals surface area (Å²) in [7, 11) is 1.37. The zero-order valence-electron chi connectivity index (χ0n) is 12.3. The van der Waals surface area contributed by atoms with Crippen LogP contribution in [-0.2, 0) is 11.2 Å². The average molecular weight is 277 g/mol. The van der Waals surface area contributed by atoms with Crippen molar-refractivity contribution in [1.82, 2.24) is 5.32 Å². The molecule has 0 unspecified atom stereocenters. The topological polar surface area (TPSA) is 76.7 Å². The smallest absolute Gasteiger partial charge is 0.337 e. The van der Waals surface area contributed by atoms with Crippen molar-refractivity contribution >= 4 is 11.9 Å². The summed E-state index contributed by atoms with van der Waals surface area (Å²) in [4.78, 5) is 15.5. The molecule has 0 spiro atoms. The minimum Gasteiger partial charge on any atom is -0.465 e. The number of aliphatic imine (C=N–C) groups is 1. The maximum absolute atomic E-state index is 11.3. The van der Waals surface area contributed by atoms with Crippen LogP contribution >= 0.6 is 0 Å². The van der Waals surface area contributed by atoms with Crippen molar-refractivity contribution in [2.45, 2.75) is 20.3 Å². The van der Waals surface area contributed by atoms with Gasteiger partial charge in [0.2, 0.25) is 0 Å². The van der Waals surface area contributed by atoms with Crippen molar-refractivity contribution in [3.8, 4) is 0 Å². The predicted octanol–water partition coefficient (Wildman–Crippen LogP) is 1.58. The Morgan fingerprint density at radius 2 is 2.00 bits per heavy atom. The van der Waals surface area contributed by atoms with Crippen molar-refractivity contribution in [3.05, 3.63) is 35.4 Å². The van der Waals surface area contributed by atoms with E-state index in [2.05, 4.69) is 28.9 Å². The minimum atomic E-state index is -0.320. The van der Waals surface area contributed by atoms with E-state index in [4.69, 9.17) is 5.73 Å². The summed E-state index contributed by atoms with van der Waals surface area (Å²) in [6.07, 6.45) is 0.819. The van der Waals surface area contributed by atoms with Crippen molar-refractivity contribution in [2.24, 2.45) is 16.6 Å². The van der Waals surface area contributed by atoms with E-state index >= 15 is 0 Å². The minimum absolute atomic E-state index is 0.320. The summed E-state index contributed by atoms with van der Waals surface area (Å²) in [5, 5.41) is 3.07. The Labute approximate surface area is 120 Å². The van der Waals surface area contributed by atoms with Crippen LogP contribution in [0.25, 0.3) is 0 Å². The van der Waals surface area contributed by atoms with Crippen molar-refractivity contribution in [3.63, 3.8) is 0 Å². The molecular formula is C15H23N3O2. The van der Waals surface area contributed by atoms with Gasteiger partial charge in [-0.15, -0.1) is 0 Å². The van der Waals surface area contributed by atoms with E-state index in [1.165, 1.54) is 7.11 Å². The summed E-state index contributed by atoms with van der Waals surface area (Å²) < 4.78 is 4.65. The molecule has 0 aliphatic rings. The maximum Gasteiger partial charge on any atom is 0.337 e. The van der Waals surface area contributed by atoms with Crippen LogP contribution in [0.4, 0.5) is 0 Å². The van der Waals surface area contributed by atoms with Gasteiger partial charge in [-0.25, -0.2) is 4.79 Å². The second-order valence-corrected chi connectivity index (χ2v) is 4.99. The monoisotopic (exact) mass is 277 g/mol. The molecule has 5 heteroatoms. The van der Waals surface area contributed by atoms with Gasteiger partial charge in [0.25, 0.3) is 0 Å². The highest BCUT2D eigenvalue weighted by molar-refractivity contribution is 5.89. The van der Waals surface area contributed by atoms with Crippen LogP contribution in [0.2, 0.25) is 0 Å². The first-order chi connectivity index (χ1) is 9.52. The SMILES string of the molecule is COC(=O)c1ccc(CCNC(N)=NCC(C)C)cc1. The predicted molar refractivity (Wildman–Crippen MR) is 80.8 cm³/mol. The van der Waals surface area contributed by atoms with Gasteiger partial charge in [-0.2, -0.15) is 0 Å². The molecule has 0 bridgehead atoms. The number of nitrogens with two attached hydrogens (primary N) is 1. The van der Waals surface area contributed by atoms with Crippen LogP contribution in [0.3, 0.4) is 0 Å². The Bertz CT molecular complexity index is 453. The fraction of sp³-hybridized carbons (Fsp3) is 0.467. The molecule has 0 aliphatic carbocycles. The standard InChI is InChI=1S/C15H23N3O2/c1-11(2)10-18-15(16)17-9-8-12-4-6-13(7-5-12)14(19)20-3/h4-7,11H,8-10H2,1-3H3,(H3,16,17,18). The Hall–Kier alpha value is -2.04. The lowest BCUT2D eigenvalue weighted by atomic mass is 10.1. The van der Waals surface area contributed by atoms with Gasteiger partial charge in [0.1, 0.15) is 0 Å². The second-order valence-electron chi connectivity index (χ2n) is 4.99. The Balaban J connectivity index is 2.39. The first-order valence-corrected chi connectivity index (χ1v) is 6.74. The molecule has 0 fully saturated rings. The van der Waals surface area contributed by atoms with Gasteiger partial charge in [0.15, 0.2) is 5.96 Å². The van der Waals surface area contributed by atoms with Crippen LogP contribution in [-0.4, -0.2) is 32.1 Å². The number of carbonyl (C=O) groups is 1. The third kappa shape index (κ3) is 5.73. The molecule has 0 aromatic heterocycles. The molecule has 0 heterocycles. The number of esters is 1. The molecule has 1 aromatic carbocycles. The molecule has 3 N–H and O–H groups in total. The van der Waals surface area contributed by atoms with E-state index in [-0.39, 0.29) is 5.97 Å². The molecule has 0 saturated carbocycles. The molecule has 0 aliphatic heterocycles. The van der Waals surface area contributed by atoms with E-state index < -0.39 is 0 Å². The summed E-state index contributed by atoms with van der Waals surface area (Å²) >= 11 is 0. The lowest BCUT2D eigenvalue weighted by Gasteiger charge is -2.07. The summed E-state index contributed by atoms with van der Waals surface area (Å²) in [5.74, 6) is 0.658. The average Bonchev–Trinajstić information content (AvgIpc) is 2.45. The number of hydrogen-bond donors (Lipinski definition) is 2. The normalized spacial score (nSPS) is 11.5. The number of rotatable bonds is 6. The Morgan fingerprint density at radius 1 is 1.35 bits per heavy atom. The van der Waals surface area contributed by atoms with Crippen LogP contribution in [0.5, 0.6) is 0 Å². The number of methoxy groups -OCH3 is 1. The number of hydrogen-bond acceptors (Lipinski definition) is 3. The van der Waals surface area contributed by atoms with Gasteiger partial charge in [-0.05, 0) is 30.0 Å². The van der Waals surface area contributed by atoms with Crippen molar-refractivity contribution in [1.29, 1.82) is 0 Å². The summed E-state index contributed by atoms with van der Waals surface area (Å²) in [6.45, 7) is 5.64. The van der Waals surface area contributed by atoms with E-state index in [0.29, 0.717) is 24.0 Å². The van der Waals surface area contributed by atoms with Crippen molar-refractivity contribution < 1.29 is 9.53 Å². The molecule has 0 amide bonds. The number of nitrogens with zero attached hydrogens (tertiary/aromatic N) is 1. The highest BCUT2D eigenvalue weighted by Gasteiger charge is 2.04. The third-order valence-electron chi connectivity index (χ3n) is 2.72. The fourth-order valence-corrected chi connectivity index (χ4v) is 1.60. The quantitative estimate of drug-likeness (QED) is 0.470. The lowest BCUT2D eigenvalue weighted by Crippen LogP contribution is -2.33. The molecule has 0 saturated heterocycles. The summed E-state index contributed by atoms with van der Waals surface area (Å²) in [6, 6.07) is 7.35. The first kappa shape index (κ1) is 16.0. The van der Waals surface area contributed by atoms with E-state index in [1.807, 2.05) is 12.1 Å². The van der Waals surface area contributed by atoms with Gasteiger partial charge < -0.3 is 15.8 Å². The van der Waals surface area contributed by atoms with Gasteiger partial charge >= 0.3 is 5.97 Å². The van der Waals surface area contributed by atoms with E-state index in [9.17, 15) is 4.79 Å². The zero-order chi connectivity index (χ0) is 15.0. The second kappa shape index (κ2) is 8.19. The molecule has 110 valence electrons. The molecular weight excluding hydrogens is 254 g/mol. The highest BCUT2D eigenvalue weighted by Crippen LogP contribution is 2.06. The van der Waals surface area contributed by atoms with Gasteiger partial charge in [-0.3, -0.25) is 4.99 Å². The Kier molecular flexibility index (Phi) is 6.56. The number of carbonyl (C=O) groups excluding carboxylic acids is 1. The third-order valence-corrected chi connectivity index (χ3v) is 2.72. The maximum atomic E-state index is 11.3.